The number of likely N-dealkylation sites (N-methyl/N-ethyl adjacent to an activating group) is 1. The fraction of sp³-hybridized carbons (Fsp3) is 0.382. The van der Waals surface area contributed by atoms with Crippen LogP contribution in [-0.2, 0) is 16.1 Å². The van der Waals surface area contributed by atoms with Gasteiger partial charge in [-0.25, -0.2) is 4.98 Å². The first-order valence-corrected chi connectivity index (χ1v) is 15.1. The molecule has 2 aliphatic rings. The van der Waals surface area contributed by atoms with Gasteiger partial charge < -0.3 is 25.4 Å². The van der Waals surface area contributed by atoms with Crippen molar-refractivity contribution >= 4 is 28.8 Å². The molecule has 4 aromatic rings. The topological polar surface area (TPSA) is 96.5 Å². The zero-order valence-electron chi connectivity index (χ0n) is 24.3. The Labute approximate surface area is 247 Å². The van der Waals surface area contributed by atoms with E-state index in [1.165, 1.54) is 11.1 Å². The second-order valence-corrected chi connectivity index (χ2v) is 11.8. The third-order valence-corrected chi connectivity index (χ3v) is 8.98. The summed E-state index contributed by atoms with van der Waals surface area (Å²) in [6, 6.07) is 25.5. The van der Waals surface area contributed by atoms with E-state index in [1.54, 1.807) is 0 Å². The fourth-order valence-corrected chi connectivity index (χ4v) is 6.58. The highest BCUT2D eigenvalue weighted by atomic mass is 16.2. The largest absolute Gasteiger partial charge is 0.368 e. The second kappa shape index (κ2) is 12.4. The van der Waals surface area contributed by atoms with Gasteiger partial charge in [-0.15, -0.1) is 0 Å². The van der Waals surface area contributed by atoms with E-state index < -0.39 is 11.9 Å². The molecule has 0 unspecified atom stereocenters. The standard InChI is InChI=1S/C34H40N6O2/c1-38-19-21-39(22-20-38)34-36-29-13-7-8-14-30(29)40(34)23-24-15-17-25(18-16-24)27-11-5-6-12-28(27)33(42)37-31(32(35)41)26-9-3-2-4-10-26/h2-4,7-10,13-18,27-28,31H,5-6,11-12,19-23H2,1H3,(H2,35,41)(H,37,42)/t27-,28+,31-/m0/s1. The molecule has 8 nitrogen and oxygen atoms in total. The lowest BCUT2D eigenvalue weighted by Gasteiger charge is -2.33. The molecule has 3 atom stereocenters. The summed E-state index contributed by atoms with van der Waals surface area (Å²) in [4.78, 5) is 35.6. The minimum absolute atomic E-state index is 0.0990. The molecular formula is C34H40N6O2. The van der Waals surface area contributed by atoms with Gasteiger partial charge >= 0.3 is 0 Å². The Hall–Kier alpha value is -4.17. The number of carbonyl (C=O) groups is 2. The number of amides is 2. The summed E-state index contributed by atoms with van der Waals surface area (Å²) in [7, 11) is 2.17. The van der Waals surface area contributed by atoms with Gasteiger partial charge in [0.15, 0.2) is 0 Å². The van der Waals surface area contributed by atoms with Crippen LogP contribution in [0.25, 0.3) is 11.0 Å². The van der Waals surface area contributed by atoms with Crippen molar-refractivity contribution < 1.29 is 9.59 Å². The van der Waals surface area contributed by atoms with Gasteiger partial charge in [0.25, 0.3) is 0 Å². The first-order chi connectivity index (χ1) is 20.5. The number of piperazine rings is 1. The van der Waals surface area contributed by atoms with Crippen molar-refractivity contribution in [2.24, 2.45) is 11.7 Å². The minimum atomic E-state index is -0.830. The van der Waals surface area contributed by atoms with E-state index in [0.29, 0.717) is 5.56 Å². The number of aromatic nitrogens is 2. The number of para-hydroxylation sites is 2. The average Bonchev–Trinajstić information content (AvgIpc) is 3.39. The second-order valence-electron chi connectivity index (χ2n) is 11.8. The van der Waals surface area contributed by atoms with Gasteiger partial charge in [-0.1, -0.05) is 79.6 Å². The third kappa shape index (κ3) is 5.90. The van der Waals surface area contributed by atoms with E-state index in [0.717, 1.165) is 75.4 Å². The zero-order valence-corrected chi connectivity index (χ0v) is 24.3. The molecule has 0 radical (unpaired) electrons. The van der Waals surface area contributed by atoms with Crippen LogP contribution in [0.3, 0.4) is 0 Å². The van der Waals surface area contributed by atoms with Crippen LogP contribution in [0.4, 0.5) is 5.95 Å². The molecule has 2 heterocycles. The number of benzene rings is 3. The molecule has 0 bridgehead atoms. The third-order valence-electron chi connectivity index (χ3n) is 8.98. The van der Waals surface area contributed by atoms with E-state index in [-0.39, 0.29) is 17.7 Å². The summed E-state index contributed by atoms with van der Waals surface area (Å²) in [6.07, 6.45) is 3.84. The van der Waals surface area contributed by atoms with E-state index in [4.69, 9.17) is 10.7 Å². The summed E-state index contributed by atoms with van der Waals surface area (Å²) in [5, 5.41) is 2.97. The van der Waals surface area contributed by atoms with Crippen LogP contribution in [0.1, 0.15) is 54.3 Å². The highest BCUT2D eigenvalue weighted by Gasteiger charge is 2.34. The van der Waals surface area contributed by atoms with E-state index in [1.807, 2.05) is 36.4 Å². The summed E-state index contributed by atoms with van der Waals surface area (Å²) in [5.41, 5.74) is 10.9. The zero-order chi connectivity index (χ0) is 29.1. The Kier molecular flexibility index (Phi) is 8.24. The normalized spacial score (nSPS) is 20.4. The minimum Gasteiger partial charge on any atom is -0.368 e. The van der Waals surface area contributed by atoms with Crippen LogP contribution in [0, 0.1) is 5.92 Å². The molecule has 1 saturated carbocycles. The van der Waals surface area contributed by atoms with Crippen LogP contribution < -0.4 is 16.0 Å². The molecule has 42 heavy (non-hydrogen) atoms. The number of hydrogen-bond donors (Lipinski definition) is 2. The predicted octanol–water partition coefficient (Wildman–Crippen LogP) is 4.45. The van der Waals surface area contributed by atoms with Gasteiger partial charge in [-0.05, 0) is 54.6 Å². The molecule has 1 saturated heterocycles. The monoisotopic (exact) mass is 564 g/mol. The van der Waals surface area contributed by atoms with Crippen molar-refractivity contribution in [1.29, 1.82) is 0 Å². The molecule has 0 spiro atoms. The van der Waals surface area contributed by atoms with Crippen LogP contribution in [0.15, 0.2) is 78.9 Å². The quantitative estimate of drug-likeness (QED) is 0.330. The number of nitrogens with zero attached hydrogens (tertiary/aromatic N) is 4. The maximum Gasteiger partial charge on any atom is 0.244 e. The number of anilines is 1. The SMILES string of the molecule is CN1CCN(c2nc3ccccc3n2Cc2ccc([C@@H]3CCCC[C@H]3C(=O)N[C@H](C(N)=O)c3ccccc3)cc2)CC1. The number of nitrogens with two attached hydrogens (primary N) is 1. The number of imidazole rings is 1. The molecule has 6 rings (SSSR count). The maximum atomic E-state index is 13.5. The van der Waals surface area contributed by atoms with Gasteiger partial charge in [0.1, 0.15) is 6.04 Å². The lowest BCUT2D eigenvalue weighted by molar-refractivity contribution is -0.131. The predicted molar refractivity (Wildman–Crippen MR) is 166 cm³/mol. The van der Waals surface area contributed by atoms with Gasteiger partial charge in [0.05, 0.1) is 17.6 Å². The molecule has 1 aliphatic heterocycles. The van der Waals surface area contributed by atoms with Crippen LogP contribution in [0.2, 0.25) is 0 Å². The lowest BCUT2D eigenvalue weighted by Crippen LogP contribution is -2.45. The first-order valence-electron chi connectivity index (χ1n) is 15.1. The molecule has 8 heteroatoms. The Morgan fingerprint density at radius 3 is 2.33 bits per heavy atom. The summed E-state index contributed by atoms with van der Waals surface area (Å²) in [6.45, 7) is 4.71. The van der Waals surface area contributed by atoms with Crippen LogP contribution in [-0.4, -0.2) is 59.5 Å². The van der Waals surface area contributed by atoms with E-state index >= 15 is 0 Å². The first kappa shape index (κ1) is 28.0. The van der Waals surface area contributed by atoms with E-state index in [2.05, 4.69) is 69.2 Å². The molecule has 3 N–H and O–H groups in total. The Morgan fingerprint density at radius 1 is 0.905 bits per heavy atom. The average molecular weight is 565 g/mol. The van der Waals surface area contributed by atoms with Gasteiger partial charge in [0.2, 0.25) is 17.8 Å². The molecular weight excluding hydrogens is 524 g/mol. The molecule has 3 aromatic carbocycles. The van der Waals surface area contributed by atoms with Crippen LogP contribution in [0.5, 0.6) is 0 Å². The Bertz CT molecular complexity index is 1520. The van der Waals surface area contributed by atoms with Crippen molar-refractivity contribution in [3.8, 4) is 0 Å². The number of nitrogens with one attached hydrogen (secondary N) is 1. The smallest absolute Gasteiger partial charge is 0.244 e. The summed E-state index contributed by atoms with van der Waals surface area (Å²) >= 11 is 0. The van der Waals surface area contributed by atoms with Gasteiger partial charge in [-0.2, -0.15) is 0 Å². The molecule has 2 amide bonds. The van der Waals surface area contributed by atoms with Crippen molar-refractivity contribution in [3.05, 3.63) is 95.6 Å². The van der Waals surface area contributed by atoms with Gasteiger partial charge in [0, 0.05) is 32.1 Å². The lowest BCUT2D eigenvalue weighted by atomic mass is 9.74. The maximum absolute atomic E-state index is 13.5. The number of fused-ring (bicyclic) bond motifs is 1. The van der Waals surface area contributed by atoms with Crippen LogP contribution >= 0.6 is 0 Å². The van der Waals surface area contributed by atoms with Crippen molar-refractivity contribution in [3.63, 3.8) is 0 Å². The van der Waals surface area contributed by atoms with Crippen molar-refractivity contribution in [2.75, 3.05) is 38.1 Å². The number of hydrogen-bond acceptors (Lipinski definition) is 5. The molecule has 218 valence electrons. The molecule has 1 aromatic heterocycles. The van der Waals surface area contributed by atoms with Gasteiger partial charge in [-0.3, -0.25) is 9.59 Å². The summed E-state index contributed by atoms with van der Waals surface area (Å²) < 4.78 is 2.33. The van der Waals surface area contributed by atoms with Crippen molar-refractivity contribution in [2.45, 2.75) is 44.2 Å². The van der Waals surface area contributed by atoms with Crippen molar-refractivity contribution in [1.82, 2.24) is 19.8 Å². The Balaban J connectivity index is 1.21. The number of rotatable bonds is 8. The highest BCUT2D eigenvalue weighted by Crippen LogP contribution is 2.38. The summed E-state index contributed by atoms with van der Waals surface area (Å²) in [5.74, 6) is 0.288. The number of carbonyl (C=O) groups excluding carboxylic acids is 2. The molecule has 1 aliphatic carbocycles. The Morgan fingerprint density at radius 2 is 1.60 bits per heavy atom. The fourth-order valence-electron chi connectivity index (χ4n) is 6.58. The molecule has 2 fully saturated rings. The number of primary amides is 1. The highest BCUT2D eigenvalue weighted by molar-refractivity contribution is 5.89. The van der Waals surface area contributed by atoms with E-state index in [9.17, 15) is 9.59 Å².